The van der Waals surface area contributed by atoms with Crippen LogP contribution >= 0.6 is 0 Å². The smallest absolute Gasteiger partial charge is 0.253 e. The molecule has 0 aromatic heterocycles. The number of hydrogen-bond donors (Lipinski definition) is 1. The first-order chi connectivity index (χ1) is 13.3. The van der Waals surface area contributed by atoms with E-state index in [1.807, 2.05) is 32.0 Å². The third-order valence-corrected chi connectivity index (χ3v) is 4.94. The average Bonchev–Trinajstić information content (AvgIpc) is 2.64. The molecule has 2 aromatic rings. The third-order valence-electron chi connectivity index (χ3n) is 4.94. The lowest BCUT2D eigenvalue weighted by Gasteiger charge is -2.32. The van der Waals surface area contributed by atoms with E-state index in [-0.39, 0.29) is 24.3 Å². The number of nitrogens with one attached hydrogen (secondary N) is 1. The lowest BCUT2D eigenvalue weighted by molar-refractivity contribution is -0.126. The van der Waals surface area contributed by atoms with E-state index in [2.05, 4.69) is 5.32 Å². The molecule has 148 valence electrons. The third kappa shape index (κ3) is 4.94. The van der Waals surface area contributed by atoms with Gasteiger partial charge in [-0.25, -0.2) is 8.78 Å². The van der Waals surface area contributed by atoms with Crippen molar-refractivity contribution in [3.8, 4) is 0 Å². The fraction of sp³-hybridized carbons (Fsp3) is 0.364. The van der Waals surface area contributed by atoms with E-state index in [1.54, 1.807) is 4.90 Å². The Morgan fingerprint density at radius 3 is 2.32 bits per heavy atom. The van der Waals surface area contributed by atoms with Gasteiger partial charge in [0.25, 0.3) is 5.91 Å². The van der Waals surface area contributed by atoms with Gasteiger partial charge in [0.05, 0.1) is 5.92 Å². The Kier molecular flexibility index (Phi) is 6.07. The standard InChI is InChI=1S/C22H24F2N2O2/c1-14-6-15(2)8-18(7-14)22(28)26-5-3-4-17(13-26)21(27)25-12-16-9-19(23)11-20(24)10-16/h6-11,17H,3-5,12-13H2,1-2H3,(H,25,27). The highest BCUT2D eigenvalue weighted by atomic mass is 19.1. The number of rotatable bonds is 4. The highest BCUT2D eigenvalue weighted by molar-refractivity contribution is 5.95. The van der Waals surface area contributed by atoms with Gasteiger partial charge in [0.2, 0.25) is 5.91 Å². The van der Waals surface area contributed by atoms with Crippen molar-refractivity contribution in [2.45, 2.75) is 33.2 Å². The topological polar surface area (TPSA) is 49.4 Å². The summed E-state index contributed by atoms with van der Waals surface area (Å²) in [4.78, 5) is 27.1. The molecule has 1 N–H and O–H groups in total. The van der Waals surface area contributed by atoms with E-state index in [1.165, 1.54) is 12.1 Å². The Bertz CT molecular complexity index is 858. The number of carbonyl (C=O) groups is 2. The Labute approximate surface area is 163 Å². The van der Waals surface area contributed by atoms with E-state index >= 15 is 0 Å². The van der Waals surface area contributed by atoms with Gasteiger partial charge in [-0.3, -0.25) is 9.59 Å². The van der Waals surface area contributed by atoms with Crippen molar-refractivity contribution >= 4 is 11.8 Å². The second-order valence-corrected chi connectivity index (χ2v) is 7.46. The van der Waals surface area contributed by atoms with Crippen LogP contribution in [0.25, 0.3) is 0 Å². The van der Waals surface area contributed by atoms with Crippen molar-refractivity contribution in [1.29, 1.82) is 0 Å². The fourth-order valence-corrected chi connectivity index (χ4v) is 3.70. The first kappa shape index (κ1) is 20.0. The summed E-state index contributed by atoms with van der Waals surface area (Å²) in [5, 5.41) is 2.73. The monoisotopic (exact) mass is 386 g/mol. The van der Waals surface area contributed by atoms with Crippen molar-refractivity contribution in [3.05, 3.63) is 70.3 Å². The van der Waals surface area contributed by atoms with Crippen molar-refractivity contribution in [1.82, 2.24) is 10.2 Å². The minimum atomic E-state index is -0.674. The van der Waals surface area contributed by atoms with Crippen LogP contribution in [0.2, 0.25) is 0 Å². The SMILES string of the molecule is Cc1cc(C)cc(C(=O)N2CCCC(C(=O)NCc3cc(F)cc(F)c3)C2)c1. The Hall–Kier alpha value is -2.76. The van der Waals surface area contributed by atoms with E-state index in [9.17, 15) is 18.4 Å². The van der Waals surface area contributed by atoms with Gasteiger partial charge < -0.3 is 10.2 Å². The van der Waals surface area contributed by atoms with Crippen LogP contribution in [0.15, 0.2) is 36.4 Å². The summed E-state index contributed by atoms with van der Waals surface area (Å²) in [6, 6.07) is 8.91. The fourth-order valence-electron chi connectivity index (χ4n) is 3.70. The number of benzene rings is 2. The second-order valence-electron chi connectivity index (χ2n) is 7.46. The van der Waals surface area contributed by atoms with E-state index in [0.29, 0.717) is 30.6 Å². The zero-order chi connectivity index (χ0) is 20.3. The molecule has 6 heteroatoms. The van der Waals surface area contributed by atoms with Gasteiger partial charge in [0.15, 0.2) is 0 Å². The van der Waals surface area contributed by atoms with Crippen LogP contribution in [-0.4, -0.2) is 29.8 Å². The van der Waals surface area contributed by atoms with Gasteiger partial charge in [-0.2, -0.15) is 0 Å². The molecule has 1 fully saturated rings. The summed E-state index contributed by atoms with van der Waals surface area (Å²) in [6.07, 6.45) is 1.42. The number of halogens is 2. The molecule has 1 unspecified atom stereocenters. The van der Waals surface area contributed by atoms with Crippen molar-refractivity contribution < 1.29 is 18.4 Å². The molecule has 0 aliphatic carbocycles. The van der Waals surface area contributed by atoms with Gasteiger partial charge in [-0.1, -0.05) is 17.2 Å². The Balaban J connectivity index is 1.62. The highest BCUT2D eigenvalue weighted by Crippen LogP contribution is 2.20. The molecular weight excluding hydrogens is 362 g/mol. The number of likely N-dealkylation sites (tertiary alicyclic amines) is 1. The minimum Gasteiger partial charge on any atom is -0.352 e. The van der Waals surface area contributed by atoms with Gasteiger partial charge >= 0.3 is 0 Å². The average molecular weight is 386 g/mol. The molecule has 28 heavy (non-hydrogen) atoms. The maximum atomic E-state index is 13.3. The molecule has 4 nitrogen and oxygen atoms in total. The summed E-state index contributed by atoms with van der Waals surface area (Å²) < 4.78 is 26.5. The van der Waals surface area contributed by atoms with Crippen LogP contribution in [0, 0.1) is 31.4 Å². The number of hydrogen-bond acceptors (Lipinski definition) is 2. The molecule has 1 atom stereocenters. The first-order valence-corrected chi connectivity index (χ1v) is 9.42. The number of amides is 2. The van der Waals surface area contributed by atoms with Crippen LogP contribution in [-0.2, 0) is 11.3 Å². The largest absolute Gasteiger partial charge is 0.352 e. The molecule has 1 heterocycles. The maximum Gasteiger partial charge on any atom is 0.253 e. The molecule has 1 saturated heterocycles. The molecule has 0 bridgehead atoms. The van der Waals surface area contributed by atoms with E-state index in [0.717, 1.165) is 23.6 Å². The Morgan fingerprint density at radius 2 is 1.68 bits per heavy atom. The summed E-state index contributed by atoms with van der Waals surface area (Å²) in [7, 11) is 0. The normalized spacial score (nSPS) is 16.7. The lowest BCUT2D eigenvalue weighted by Crippen LogP contribution is -2.45. The van der Waals surface area contributed by atoms with Gasteiger partial charge in [0.1, 0.15) is 11.6 Å². The molecule has 1 aliphatic rings. The number of carbonyl (C=O) groups excluding carboxylic acids is 2. The zero-order valence-electron chi connectivity index (χ0n) is 16.1. The number of nitrogens with zero attached hydrogens (tertiary/aromatic N) is 1. The van der Waals surface area contributed by atoms with E-state index in [4.69, 9.17) is 0 Å². The van der Waals surface area contributed by atoms with Gasteiger partial charge in [0, 0.05) is 31.3 Å². The maximum absolute atomic E-state index is 13.3. The summed E-state index contributed by atoms with van der Waals surface area (Å²) in [6.45, 7) is 4.91. The van der Waals surface area contributed by atoms with Crippen molar-refractivity contribution in [2.75, 3.05) is 13.1 Å². The summed E-state index contributed by atoms with van der Waals surface area (Å²) in [5.74, 6) is -1.96. The molecule has 0 radical (unpaired) electrons. The number of piperidine rings is 1. The predicted octanol–water partition coefficient (Wildman–Crippen LogP) is 3.75. The molecular formula is C22H24F2N2O2. The predicted molar refractivity (Wildman–Crippen MR) is 103 cm³/mol. The van der Waals surface area contributed by atoms with Crippen molar-refractivity contribution in [2.24, 2.45) is 5.92 Å². The quantitative estimate of drug-likeness (QED) is 0.870. The summed E-state index contributed by atoms with van der Waals surface area (Å²) >= 11 is 0. The second kappa shape index (κ2) is 8.50. The molecule has 2 amide bonds. The molecule has 0 spiro atoms. The van der Waals surface area contributed by atoms with Crippen LogP contribution < -0.4 is 5.32 Å². The molecule has 2 aromatic carbocycles. The highest BCUT2D eigenvalue weighted by Gasteiger charge is 2.29. The molecule has 0 saturated carbocycles. The first-order valence-electron chi connectivity index (χ1n) is 9.42. The van der Waals surface area contributed by atoms with Crippen LogP contribution in [0.3, 0.4) is 0 Å². The van der Waals surface area contributed by atoms with Gasteiger partial charge in [-0.15, -0.1) is 0 Å². The molecule has 3 rings (SSSR count). The number of aryl methyl sites for hydroxylation is 2. The minimum absolute atomic E-state index is 0.0506. The van der Waals surface area contributed by atoms with Crippen LogP contribution in [0.5, 0.6) is 0 Å². The van der Waals surface area contributed by atoms with Gasteiger partial charge in [-0.05, 0) is 56.5 Å². The van der Waals surface area contributed by atoms with Crippen LogP contribution in [0.4, 0.5) is 8.78 Å². The van der Waals surface area contributed by atoms with E-state index < -0.39 is 11.6 Å². The van der Waals surface area contributed by atoms with Crippen LogP contribution in [0.1, 0.15) is 39.9 Å². The Morgan fingerprint density at radius 1 is 1.04 bits per heavy atom. The lowest BCUT2D eigenvalue weighted by atomic mass is 9.96. The summed E-state index contributed by atoms with van der Waals surface area (Å²) in [5.41, 5.74) is 3.05. The van der Waals surface area contributed by atoms with Crippen molar-refractivity contribution in [3.63, 3.8) is 0 Å². The molecule has 1 aliphatic heterocycles. The zero-order valence-corrected chi connectivity index (χ0v) is 16.1.